The van der Waals surface area contributed by atoms with Gasteiger partial charge >= 0.3 is 0 Å². The van der Waals surface area contributed by atoms with E-state index in [0.717, 1.165) is 18.1 Å². The molecule has 8 heteroatoms. The lowest BCUT2D eigenvalue weighted by Gasteiger charge is -2.26. The minimum atomic E-state index is -0.219. The van der Waals surface area contributed by atoms with Crippen molar-refractivity contribution in [2.75, 3.05) is 13.1 Å². The molecule has 0 bridgehead atoms. The van der Waals surface area contributed by atoms with Crippen LogP contribution in [0.2, 0.25) is 0 Å². The first-order chi connectivity index (χ1) is 8.83. The Hall–Kier alpha value is -1.80. The van der Waals surface area contributed by atoms with Gasteiger partial charge in [0.15, 0.2) is 5.69 Å². The van der Waals surface area contributed by atoms with Crippen LogP contribution in [0.1, 0.15) is 21.5 Å². The molecule has 1 aliphatic rings. The van der Waals surface area contributed by atoms with Gasteiger partial charge in [0.2, 0.25) is 0 Å². The fourth-order valence-corrected chi connectivity index (χ4v) is 2.16. The normalized spacial score (nSPS) is 15.3. The van der Waals surface area contributed by atoms with E-state index in [1.807, 2.05) is 5.38 Å². The first-order valence-corrected chi connectivity index (χ1v) is 6.50. The summed E-state index contributed by atoms with van der Waals surface area (Å²) in [7, 11) is 0. The number of aromatic nitrogens is 4. The molecule has 0 aromatic carbocycles. The summed E-state index contributed by atoms with van der Waals surface area (Å²) in [5.74, 6) is -0.219. The molecule has 1 aliphatic heterocycles. The number of rotatable bonds is 4. The number of hydrogen-bond acceptors (Lipinski definition) is 6. The van der Waals surface area contributed by atoms with Gasteiger partial charge in [-0.25, -0.2) is 9.67 Å². The highest BCUT2D eigenvalue weighted by molar-refractivity contribution is 7.09. The molecule has 3 heterocycles. The summed E-state index contributed by atoms with van der Waals surface area (Å²) >= 11 is 1.51. The molecular weight excluding hydrogens is 252 g/mol. The Balaban J connectivity index is 1.59. The van der Waals surface area contributed by atoms with Crippen molar-refractivity contribution in [1.29, 1.82) is 0 Å². The van der Waals surface area contributed by atoms with Crippen molar-refractivity contribution in [1.82, 2.24) is 30.6 Å². The molecule has 3 rings (SSSR count). The lowest BCUT2D eigenvalue weighted by atomic mass is 10.2. The van der Waals surface area contributed by atoms with Gasteiger partial charge in [0.05, 0.1) is 18.8 Å². The molecular formula is C10H12N6OS. The van der Waals surface area contributed by atoms with Gasteiger partial charge in [-0.15, -0.1) is 16.4 Å². The minimum absolute atomic E-state index is 0.219. The monoisotopic (exact) mass is 264 g/mol. The van der Waals surface area contributed by atoms with Gasteiger partial charge < -0.3 is 10.6 Å². The molecule has 0 unspecified atom stereocenters. The van der Waals surface area contributed by atoms with Gasteiger partial charge in [-0.3, -0.25) is 4.79 Å². The molecule has 0 atom stereocenters. The Kier molecular flexibility index (Phi) is 3.03. The van der Waals surface area contributed by atoms with E-state index in [2.05, 4.69) is 25.9 Å². The van der Waals surface area contributed by atoms with Crippen LogP contribution in [-0.2, 0) is 6.54 Å². The van der Waals surface area contributed by atoms with Gasteiger partial charge in [-0.2, -0.15) is 0 Å². The number of carbonyl (C=O) groups excluding carboxylic acids is 1. The van der Waals surface area contributed by atoms with Crippen molar-refractivity contribution in [2.24, 2.45) is 0 Å². The van der Waals surface area contributed by atoms with Crippen molar-refractivity contribution in [3.05, 3.63) is 28.5 Å². The van der Waals surface area contributed by atoms with E-state index in [-0.39, 0.29) is 5.91 Å². The quantitative estimate of drug-likeness (QED) is 0.799. The molecule has 2 aromatic rings. The van der Waals surface area contributed by atoms with Crippen molar-refractivity contribution in [3.63, 3.8) is 0 Å². The van der Waals surface area contributed by atoms with Crippen LogP contribution < -0.4 is 10.6 Å². The number of hydrogen-bond donors (Lipinski definition) is 2. The Labute approximate surface area is 107 Å². The van der Waals surface area contributed by atoms with Crippen LogP contribution in [0.4, 0.5) is 0 Å². The molecule has 2 N–H and O–H groups in total. The fourth-order valence-electron chi connectivity index (χ4n) is 1.61. The molecule has 0 spiro atoms. The van der Waals surface area contributed by atoms with Crippen LogP contribution in [0.15, 0.2) is 17.8 Å². The lowest BCUT2D eigenvalue weighted by molar-refractivity contribution is 0.0945. The van der Waals surface area contributed by atoms with E-state index < -0.39 is 0 Å². The molecule has 0 aliphatic carbocycles. The summed E-state index contributed by atoms with van der Waals surface area (Å²) in [6.45, 7) is 2.18. The van der Waals surface area contributed by atoms with Crippen LogP contribution in [0.5, 0.6) is 0 Å². The zero-order chi connectivity index (χ0) is 12.4. The molecule has 2 aromatic heterocycles. The number of nitrogens with zero attached hydrogens (tertiary/aromatic N) is 4. The van der Waals surface area contributed by atoms with Gasteiger partial charge in [-0.1, -0.05) is 5.21 Å². The van der Waals surface area contributed by atoms with Gasteiger partial charge in [0.25, 0.3) is 5.91 Å². The minimum Gasteiger partial charge on any atom is -0.344 e. The third kappa shape index (κ3) is 2.24. The molecule has 94 valence electrons. The summed E-state index contributed by atoms with van der Waals surface area (Å²) in [4.78, 5) is 15.9. The van der Waals surface area contributed by atoms with Crippen LogP contribution >= 0.6 is 11.3 Å². The average molecular weight is 264 g/mol. The second-order valence-electron chi connectivity index (χ2n) is 4.00. The highest BCUT2D eigenvalue weighted by Crippen LogP contribution is 2.10. The highest BCUT2D eigenvalue weighted by atomic mass is 32.1. The predicted molar refractivity (Wildman–Crippen MR) is 65.2 cm³/mol. The van der Waals surface area contributed by atoms with Crippen LogP contribution in [0.25, 0.3) is 0 Å². The van der Waals surface area contributed by atoms with E-state index >= 15 is 0 Å². The number of thiazole rings is 1. The largest absolute Gasteiger partial charge is 0.344 e. The molecule has 1 fully saturated rings. The smallest absolute Gasteiger partial charge is 0.273 e. The summed E-state index contributed by atoms with van der Waals surface area (Å²) in [6, 6.07) is 0.318. The Morgan fingerprint density at radius 1 is 1.61 bits per heavy atom. The highest BCUT2D eigenvalue weighted by Gasteiger charge is 2.21. The number of carbonyl (C=O) groups is 1. The van der Waals surface area contributed by atoms with Crippen molar-refractivity contribution >= 4 is 17.2 Å². The molecule has 0 radical (unpaired) electrons. The maximum Gasteiger partial charge on any atom is 0.273 e. The third-order valence-electron chi connectivity index (χ3n) is 2.76. The Morgan fingerprint density at radius 3 is 3.17 bits per heavy atom. The Bertz CT molecular complexity index is 532. The average Bonchev–Trinajstić information content (AvgIpc) is 2.94. The maximum absolute atomic E-state index is 11.8. The van der Waals surface area contributed by atoms with E-state index in [9.17, 15) is 4.79 Å². The summed E-state index contributed by atoms with van der Waals surface area (Å²) in [5.41, 5.74) is 0.346. The maximum atomic E-state index is 11.8. The zero-order valence-electron chi connectivity index (χ0n) is 9.54. The summed E-state index contributed by atoms with van der Waals surface area (Å²) < 4.78 is 1.73. The van der Waals surface area contributed by atoms with Crippen molar-refractivity contribution < 1.29 is 4.79 Å². The molecule has 1 amide bonds. The van der Waals surface area contributed by atoms with E-state index in [1.165, 1.54) is 11.3 Å². The van der Waals surface area contributed by atoms with Gasteiger partial charge in [-0.05, 0) is 0 Å². The fraction of sp³-hybridized carbons (Fsp3) is 0.400. The topological polar surface area (TPSA) is 84.7 Å². The molecule has 18 heavy (non-hydrogen) atoms. The predicted octanol–water partition coefficient (Wildman–Crippen LogP) is -0.191. The second-order valence-corrected chi connectivity index (χ2v) is 4.98. The van der Waals surface area contributed by atoms with E-state index in [4.69, 9.17) is 0 Å². The SMILES string of the molecule is O=C(NCc1nccs1)c1cn(C2CNC2)nn1. The number of nitrogens with one attached hydrogen (secondary N) is 2. The summed E-state index contributed by atoms with van der Waals surface area (Å²) in [6.07, 6.45) is 3.40. The second kappa shape index (κ2) is 4.83. The van der Waals surface area contributed by atoms with Crippen molar-refractivity contribution in [3.8, 4) is 0 Å². The molecule has 7 nitrogen and oxygen atoms in total. The van der Waals surface area contributed by atoms with Gasteiger partial charge in [0.1, 0.15) is 5.01 Å². The summed E-state index contributed by atoms with van der Waals surface area (Å²) in [5, 5.41) is 16.5. The zero-order valence-corrected chi connectivity index (χ0v) is 10.4. The van der Waals surface area contributed by atoms with Crippen molar-refractivity contribution in [2.45, 2.75) is 12.6 Å². The Morgan fingerprint density at radius 2 is 2.50 bits per heavy atom. The third-order valence-corrected chi connectivity index (χ3v) is 3.54. The van der Waals surface area contributed by atoms with Crippen LogP contribution in [-0.4, -0.2) is 39.0 Å². The van der Waals surface area contributed by atoms with E-state index in [1.54, 1.807) is 17.1 Å². The lowest BCUT2D eigenvalue weighted by Crippen LogP contribution is -2.43. The first kappa shape index (κ1) is 11.3. The van der Waals surface area contributed by atoms with E-state index in [0.29, 0.717) is 18.3 Å². The number of amides is 1. The van der Waals surface area contributed by atoms with Crippen LogP contribution in [0, 0.1) is 0 Å². The molecule has 0 saturated carbocycles. The molecule has 1 saturated heterocycles. The van der Waals surface area contributed by atoms with Crippen LogP contribution in [0.3, 0.4) is 0 Å². The van der Waals surface area contributed by atoms with Gasteiger partial charge in [0, 0.05) is 24.7 Å². The first-order valence-electron chi connectivity index (χ1n) is 5.62. The standard InChI is InChI=1S/C10H12N6OS/c17-10(13-5-9-12-1-2-18-9)8-6-16(15-14-8)7-3-11-4-7/h1-2,6-7,11H,3-5H2,(H,13,17).